The number of carbonyl (C=O) groups is 1. The third kappa shape index (κ3) is 4.24. The Morgan fingerprint density at radius 3 is 2.74 bits per heavy atom. The second kappa shape index (κ2) is 8.36. The van der Waals surface area contributed by atoms with Crippen LogP contribution < -0.4 is 0 Å². The van der Waals surface area contributed by atoms with Gasteiger partial charge >= 0.3 is 0 Å². The van der Waals surface area contributed by atoms with E-state index in [1.165, 1.54) is 32.1 Å². The SMILES string of the molecule is COCc1ccc(CN2CCC3(CCCN(CC4CCCCC4)C3=O)C2)o1. The third-order valence-electron chi connectivity index (χ3n) is 6.84. The summed E-state index contributed by atoms with van der Waals surface area (Å²) in [7, 11) is 1.68. The summed E-state index contributed by atoms with van der Waals surface area (Å²) in [6.45, 7) is 5.14. The smallest absolute Gasteiger partial charge is 0.230 e. The molecule has 1 aromatic rings. The second-order valence-corrected chi connectivity index (χ2v) is 8.90. The molecule has 1 aliphatic carbocycles. The van der Waals surface area contributed by atoms with Crippen LogP contribution in [0.2, 0.25) is 0 Å². The number of carbonyl (C=O) groups excluding carboxylic acids is 1. The molecule has 1 atom stereocenters. The minimum atomic E-state index is -0.144. The van der Waals surface area contributed by atoms with E-state index in [9.17, 15) is 4.79 Å². The van der Waals surface area contributed by atoms with Crippen LogP contribution in [0, 0.1) is 11.3 Å². The van der Waals surface area contributed by atoms with Crippen LogP contribution in [0.3, 0.4) is 0 Å². The van der Waals surface area contributed by atoms with Gasteiger partial charge in [-0.05, 0) is 56.7 Å². The highest BCUT2D eigenvalue weighted by atomic mass is 16.5. The van der Waals surface area contributed by atoms with Gasteiger partial charge in [0.15, 0.2) is 0 Å². The molecule has 3 fully saturated rings. The lowest BCUT2D eigenvalue weighted by Gasteiger charge is -2.41. The van der Waals surface area contributed by atoms with Crippen molar-refractivity contribution in [3.05, 3.63) is 23.7 Å². The molecule has 1 saturated carbocycles. The summed E-state index contributed by atoms with van der Waals surface area (Å²) >= 11 is 0. The fourth-order valence-corrected chi connectivity index (χ4v) is 5.43. The van der Waals surface area contributed by atoms with Crippen molar-refractivity contribution in [1.29, 1.82) is 0 Å². The molecule has 5 nitrogen and oxygen atoms in total. The van der Waals surface area contributed by atoms with Gasteiger partial charge in [0.1, 0.15) is 18.1 Å². The number of methoxy groups -OCH3 is 1. The van der Waals surface area contributed by atoms with Crippen molar-refractivity contribution in [3.63, 3.8) is 0 Å². The third-order valence-corrected chi connectivity index (χ3v) is 6.84. The molecule has 1 spiro atoms. The van der Waals surface area contributed by atoms with Crippen molar-refractivity contribution >= 4 is 5.91 Å². The molecular formula is C22H34N2O3. The maximum absolute atomic E-state index is 13.4. The summed E-state index contributed by atoms with van der Waals surface area (Å²) in [5.74, 6) is 3.01. The molecule has 3 heterocycles. The van der Waals surface area contributed by atoms with E-state index in [0.29, 0.717) is 12.5 Å². The minimum absolute atomic E-state index is 0.144. The molecule has 1 aromatic heterocycles. The molecule has 4 rings (SSSR count). The number of furan rings is 1. The van der Waals surface area contributed by atoms with Gasteiger partial charge in [-0.15, -0.1) is 0 Å². The first-order valence-electron chi connectivity index (χ1n) is 10.8. The molecular weight excluding hydrogens is 340 g/mol. The Morgan fingerprint density at radius 2 is 1.93 bits per heavy atom. The fraction of sp³-hybridized carbons (Fsp3) is 0.773. The van der Waals surface area contributed by atoms with Gasteiger partial charge in [0.2, 0.25) is 5.91 Å². The van der Waals surface area contributed by atoms with Gasteiger partial charge in [-0.2, -0.15) is 0 Å². The normalized spacial score (nSPS) is 27.7. The number of ether oxygens (including phenoxy) is 1. The van der Waals surface area contributed by atoms with Crippen LogP contribution >= 0.6 is 0 Å². The van der Waals surface area contributed by atoms with Crippen molar-refractivity contribution in [1.82, 2.24) is 9.80 Å². The molecule has 2 saturated heterocycles. The Morgan fingerprint density at radius 1 is 1.11 bits per heavy atom. The van der Waals surface area contributed by atoms with Crippen LogP contribution in [0.15, 0.2) is 16.5 Å². The molecule has 27 heavy (non-hydrogen) atoms. The molecule has 2 aliphatic heterocycles. The van der Waals surface area contributed by atoms with Crippen LogP contribution in [-0.2, 0) is 22.7 Å². The summed E-state index contributed by atoms with van der Waals surface area (Å²) in [5.41, 5.74) is -0.144. The van der Waals surface area contributed by atoms with E-state index < -0.39 is 0 Å². The van der Waals surface area contributed by atoms with E-state index in [2.05, 4.69) is 9.80 Å². The van der Waals surface area contributed by atoms with Gasteiger partial charge in [-0.25, -0.2) is 0 Å². The molecule has 5 heteroatoms. The van der Waals surface area contributed by atoms with E-state index in [-0.39, 0.29) is 5.41 Å². The Labute approximate surface area is 163 Å². The standard InChI is InChI=1S/C22H34N2O3/c1-26-16-20-9-8-19(27-20)15-23-13-11-22(17-23)10-5-12-24(21(22)25)14-18-6-3-2-4-7-18/h8-9,18H,2-7,10-17H2,1H3. The zero-order valence-corrected chi connectivity index (χ0v) is 16.8. The summed E-state index contributed by atoms with van der Waals surface area (Å²) in [4.78, 5) is 18.0. The van der Waals surface area contributed by atoms with Crippen molar-refractivity contribution < 1.29 is 13.9 Å². The Hall–Kier alpha value is -1.33. The average Bonchev–Trinajstić information content (AvgIpc) is 3.29. The van der Waals surface area contributed by atoms with E-state index >= 15 is 0 Å². The van der Waals surface area contributed by atoms with Crippen LogP contribution in [0.5, 0.6) is 0 Å². The number of nitrogens with zero attached hydrogens (tertiary/aromatic N) is 2. The molecule has 0 aromatic carbocycles. The monoisotopic (exact) mass is 374 g/mol. The number of piperidine rings is 1. The summed E-state index contributed by atoms with van der Waals surface area (Å²) < 4.78 is 11.0. The maximum atomic E-state index is 13.4. The first-order chi connectivity index (χ1) is 13.2. The molecule has 0 radical (unpaired) electrons. The lowest BCUT2D eigenvalue weighted by molar-refractivity contribution is -0.146. The van der Waals surface area contributed by atoms with E-state index in [1.807, 2.05) is 12.1 Å². The predicted molar refractivity (Wildman–Crippen MR) is 104 cm³/mol. The number of likely N-dealkylation sites (tertiary alicyclic amines) is 2. The van der Waals surface area contributed by atoms with Crippen LogP contribution in [-0.4, -0.2) is 49.0 Å². The number of rotatable bonds is 6. The number of amides is 1. The van der Waals surface area contributed by atoms with Gasteiger partial charge in [0, 0.05) is 26.7 Å². The topological polar surface area (TPSA) is 45.9 Å². The van der Waals surface area contributed by atoms with Crippen LogP contribution in [0.1, 0.15) is 62.9 Å². The molecule has 0 bridgehead atoms. The van der Waals surface area contributed by atoms with Crippen molar-refractivity contribution in [2.24, 2.45) is 11.3 Å². The maximum Gasteiger partial charge on any atom is 0.230 e. The Balaban J connectivity index is 1.35. The highest BCUT2D eigenvalue weighted by Crippen LogP contribution is 2.41. The van der Waals surface area contributed by atoms with Crippen molar-refractivity contribution in [2.45, 2.75) is 64.5 Å². The summed E-state index contributed by atoms with van der Waals surface area (Å²) in [6.07, 6.45) is 9.90. The van der Waals surface area contributed by atoms with Gasteiger partial charge in [0.25, 0.3) is 0 Å². The number of hydrogen-bond donors (Lipinski definition) is 0. The molecule has 1 unspecified atom stereocenters. The van der Waals surface area contributed by atoms with E-state index in [0.717, 1.165) is 69.4 Å². The largest absolute Gasteiger partial charge is 0.462 e. The van der Waals surface area contributed by atoms with E-state index in [4.69, 9.17) is 9.15 Å². The highest BCUT2D eigenvalue weighted by molar-refractivity contribution is 5.84. The van der Waals surface area contributed by atoms with Gasteiger partial charge < -0.3 is 14.1 Å². The van der Waals surface area contributed by atoms with Crippen molar-refractivity contribution in [2.75, 3.05) is 33.3 Å². The molecule has 150 valence electrons. The van der Waals surface area contributed by atoms with Crippen molar-refractivity contribution in [3.8, 4) is 0 Å². The zero-order chi connectivity index (χ0) is 18.7. The molecule has 0 N–H and O–H groups in total. The zero-order valence-electron chi connectivity index (χ0n) is 16.8. The van der Waals surface area contributed by atoms with Gasteiger partial charge in [0.05, 0.1) is 12.0 Å². The second-order valence-electron chi connectivity index (χ2n) is 8.90. The number of hydrogen-bond acceptors (Lipinski definition) is 4. The first-order valence-corrected chi connectivity index (χ1v) is 10.8. The van der Waals surface area contributed by atoms with Gasteiger partial charge in [-0.3, -0.25) is 9.69 Å². The molecule has 1 amide bonds. The Kier molecular flexibility index (Phi) is 5.88. The Bertz CT molecular complexity index is 637. The lowest BCUT2D eigenvalue weighted by atomic mass is 9.77. The summed E-state index contributed by atoms with van der Waals surface area (Å²) in [6, 6.07) is 4.03. The summed E-state index contributed by atoms with van der Waals surface area (Å²) in [5, 5.41) is 0. The quantitative estimate of drug-likeness (QED) is 0.759. The minimum Gasteiger partial charge on any atom is -0.462 e. The average molecular weight is 375 g/mol. The highest BCUT2D eigenvalue weighted by Gasteiger charge is 2.48. The van der Waals surface area contributed by atoms with Crippen LogP contribution in [0.4, 0.5) is 0 Å². The molecule has 3 aliphatic rings. The van der Waals surface area contributed by atoms with Crippen LogP contribution in [0.25, 0.3) is 0 Å². The lowest BCUT2D eigenvalue weighted by Crippen LogP contribution is -2.51. The predicted octanol–water partition coefficient (Wildman–Crippen LogP) is 3.82. The fourth-order valence-electron chi connectivity index (χ4n) is 5.43. The van der Waals surface area contributed by atoms with E-state index in [1.54, 1.807) is 7.11 Å². The van der Waals surface area contributed by atoms with Gasteiger partial charge in [-0.1, -0.05) is 19.3 Å². The first kappa shape index (κ1) is 19.0.